The lowest BCUT2D eigenvalue weighted by molar-refractivity contribution is 0.434. The summed E-state index contributed by atoms with van der Waals surface area (Å²) in [5.74, 6) is 1.73. The molecule has 88 valence electrons. The van der Waals surface area contributed by atoms with Gasteiger partial charge in [-0.2, -0.15) is 4.98 Å². The van der Waals surface area contributed by atoms with Crippen molar-refractivity contribution in [3.05, 3.63) is 40.7 Å². The summed E-state index contributed by atoms with van der Waals surface area (Å²) in [6, 6.07) is 8.00. The number of aryl methyl sites for hydroxylation is 1. The molecule has 1 aromatic carbocycles. The molecule has 2 N–H and O–H groups in total. The molecule has 0 spiro atoms. The molecule has 0 bridgehead atoms. The van der Waals surface area contributed by atoms with E-state index < -0.39 is 0 Å². The lowest BCUT2D eigenvalue weighted by atomic mass is 9.90. The highest BCUT2D eigenvalue weighted by atomic mass is 35.5. The number of nitrogen functional groups attached to an aromatic ring is 1. The Morgan fingerprint density at radius 3 is 3.00 bits per heavy atom. The maximum atomic E-state index is 6.22. The van der Waals surface area contributed by atoms with Gasteiger partial charge in [0.25, 0.3) is 0 Å². The number of hydrogen-bond donors (Lipinski definition) is 1. The molecule has 0 amide bonds. The first-order valence-electron chi connectivity index (χ1n) is 5.67. The highest BCUT2D eigenvalue weighted by Gasteiger charge is 2.23. The van der Waals surface area contributed by atoms with Gasteiger partial charge in [0, 0.05) is 18.0 Å². The van der Waals surface area contributed by atoms with Crippen LogP contribution in [0.5, 0.6) is 0 Å². The molecule has 0 saturated heterocycles. The fourth-order valence-electron chi connectivity index (χ4n) is 2.40. The van der Waals surface area contributed by atoms with E-state index in [9.17, 15) is 0 Å². The van der Waals surface area contributed by atoms with E-state index in [1.165, 1.54) is 5.56 Å². The molecule has 1 atom stereocenters. The molecular formula is C12H13ClN4. The maximum absolute atomic E-state index is 6.22. The molecule has 2 aromatic rings. The normalized spacial score (nSPS) is 19.0. The van der Waals surface area contributed by atoms with E-state index in [2.05, 4.69) is 16.1 Å². The Labute approximate surface area is 104 Å². The molecule has 17 heavy (non-hydrogen) atoms. The van der Waals surface area contributed by atoms with E-state index in [1.807, 2.05) is 22.9 Å². The number of nitrogens with two attached hydrogens (primary N) is 1. The van der Waals surface area contributed by atoms with E-state index in [0.717, 1.165) is 30.2 Å². The second kappa shape index (κ2) is 4.04. The summed E-state index contributed by atoms with van der Waals surface area (Å²) in [5.41, 5.74) is 6.80. The first-order valence-corrected chi connectivity index (χ1v) is 6.05. The third-order valence-electron chi connectivity index (χ3n) is 3.23. The van der Waals surface area contributed by atoms with E-state index in [1.54, 1.807) is 0 Å². The first-order chi connectivity index (χ1) is 8.24. The third kappa shape index (κ3) is 1.89. The summed E-state index contributed by atoms with van der Waals surface area (Å²) in [6.45, 7) is 0.857. The highest BCUT2D eigenvalue weighted by Crippen LogP contribution is 2.32. The van der Waals surface area contributed by atoms with E-state index in [-0.39, 0.29) is 0 Å². The van der Waals surface area contributed by atoms with Crippen LogP contribution in [0.25, 0.3) is 0 Å². The van der Waals surface area contributed by atoms with Crippen LogP contribution < -0.4 is 5.73 Å². The summed E-state index contributed by atoms with van der Waals surface area (Å²) in [5, 5.41) is 4.98. The second-order valence-electron chi connectivity index (χ2n) is 4.32. The Hall–Kier alpha value is -1.55. The van der Waals surface area contributed by atoms with Crippen LogP contribution in [0, 0.1) is 0 Å². The summed E-state index contributed by atoms with van der Waals surface area (Å²) in [4.78, 5) is 4.24. The van der Waals surface area contributed by atoms with Crippen LogP contribution in [-0.2, 0) is 13.0 Å². The van der Waals surface area contributed by atoms with Gasteiger partial charge in [-0.1, -0.05) is 29.8 Å². The largest absolute Gasteiger partial charge is 0.366 e. The van der Waals surface area contributed by atoms with E-state index in [4.69, 9.17) is 17.3 Å². The Morgan fingerprint density at radius 1 is 1.35 bits per heavy atom. The summed E-state index contributed by atoms with van der Waals surface area (Å²) in [7, 11) is 0. The Balaban J connectivity index is 1.91. The van der Waals surface area contributed by atoms with Crippen molar-refractivity contribution in [2.75, 3.05) is 5.73 Å². The molecule has 2 heterocycles. The predicted molar refractivity (Wildman–Crippen MR) is 66.9 cm³/mol. The maximum Gasteiger partial charge on any atom is 0.239 e. The van der Waals surface area contributed by atoms with Crippen LogP contribution in [0.15, 0.2) is 24.3 Å². The van der Waals surface area contributed by atoms with Crippen molar-refractivity contribution in [1.29, 1.82) is 0 Å². The smallest absolute Gasteiger partial charge is 0.239 e. The van der Waals surface area contributed by atoms with E-state index >= 15 is 0 Å². The van der Waals surface area contributed by atoms with Crippen LogP contribution in [0.2, 0.25) is 5.02 Å². The first kappa shape index (κ1) is 10.6. The fourth-order valence-corrected chi connectivity index (χ4v) is 2.69. The molecule has 0 saturated carbocycles. The minimum atomic E-state index is 0.361. The highest BCUT2D eigenvalue weighted by molar-refractivity contribution is 6.31. The molecule has 1 aliphatic heterocycles. The minimum absolute atomic E-state index is 0.361. The van der Waals surface area contributed by atoms with Crippen molar-refractivity contribution >= 4 is 17.5 Å². The van der Waals surface area contributed by atoms with Crippen LogP contribution in [-0.4, -0.2) is 14.8 Å². The summed E-state index contributed by atoms with van der Waals surface area (Å²) >= 11 is 6.22. The average Bonchev–Trinajstić information content (AvgIpc) is 2.68. The van der Waals surface area contributed by atoms with Gasteiger partial charge >= 0.3 is 0 Å². The van der Waals surface area contributed by atoms with Gasteiger partial charge in [-0.3, -0.25) is 0 Å². The molecule has 5 heteroatoms. The number of aromatic nitrogens is 3. The van der Waals surface area contributed by atoms with Gasteiger partial charge in [0.1, 0.15) is 5.82 Å². The van der Waals surface area contributed by atoms with Crippen molar-refractivity contribution in [1.82, 2.24) is 14.8 Å². The number of hydrogen-bond acceptors (Lipinski definition) is 3. The molecule has 0 radical (unpaired) electrons. The van der Waals surface area contributed by atoms with Gasteiger partial charge < -0.3 is 5.73 Å². The number of halogens is 1. The van der Waals surface area contributed by atoms with Gasteiger partial charge in [-0.15, -0.1) is 5.10 Å². The molecular weight excluding hydrogens is 236 g/mol. The fraction of sp³-hybridized carbons (Fsp3) is 0.333. The topological polar surface area (TPSA) is 56.7 Å². The zero-order valence-corrected chi connectivity index (χ0v) is 10.1. The molecule has 1 aromatic heterocycles. The van der Waals surface area contributed by atoms with Crippen molar-refractivity contribution in [3.63, 3.8) is 0 Å². The molecule has 1 unspecified atom stereocenters. The van der Waals surface area contributed by atoms with E-state index in [0.29, 0.717) is 11.9 Å². The molecule has 4 nitrogen and oxygen atoms in total. The van der Waals surface area contributed by atoms with Crippen molar-refractivity contribution in [3.8, 4) is 0 Å². The van der Waals surface area contributed by atoms with Crippen LogP contribution in [0.4, 0.5) is 5.95 Å². The van der Waals surface area contributed by atoms with Crippen molar-refractivity contribution < 1.29 is 0 Å². The minimum Gasteiger partial charge on any atom is -0.366 e. The Morgan fingerprint density at radius 2 is 2.18 bits per heavy atom. The number of anilines is 1. The number of nitrogens with zero attached hydrogens (tertiary/aromatic N) is 3. The van der Waals surface area contributed by atoms with Gasteiger partial charge in [0.2, 0.25) is 5.95 Å². The quantitative estimate of drug-likeness (QED) is 0.842. The monoisotopic (exact) mass is 248 g/mol. The zero-order chi connectivity index (χ0) is 11.8. The second-order valence-corrected chi connectivity index (χ2v) is 4.73. The molecule has 3 rings (SSSR count). The van der Waals surface area contributed by atoms with Crippen molar-refractivity contribution in [2.24, 2.45) is 0 Å². The van der Waals surface area contributed by atoms with Gasteiger partial charge in [-0.05, 0) is 24.0 Å². The third-order valence-corrected chi connectivity index (χ3v) is 3.57. The van der Waals surface area contributed by atoms with Crippen LogP contribution >= 0.6 is 11.6 Å². The van der Waals surface area contributed by atoms with Crippen LogP contribution in [0.3, 0.4) is 0 Å². The predicted octanol–water partition coefficient (Wildman–Crippen LogP) is 2.24. The SMILES string of the molecule is Nc1nc2n(n1)CCC(c1ccccc1Cl)C2. The Kier molecular flexibility index (Phi) is 2.52. The molecule has 0 fully saturated rings. The summed E-state index contributed by atoms with van der Waals surface area (Å²) in [6.07, 6.45) is 1.88. The number of fused-ring (bicyclic) bond motifs is 1. The van der Waals surface area contributed by atoms with Gasteiger partial charge in [-0.25, -0.2) is 4.68 Å². The number of benzene rings is 1. The molecule has 0 aliphatic carbocycles. The van der Waals surface area contributed by atoms with Crippen LogP contribution in [0.1, 0.15) is 23.7 Å². The number of rotatable bonds is 1. The lowest BCUT2D eigenvalue weighted by Gasteiger charge is -2.23. The lowest BCUT2D eigenvalue weighted by Crippen LogP contribution is -2.19. The average molecular weight is 249 g/mol. The Bertz CT molecular complexity index is 549. The standard InChI is InChI=1S/C12H13ClN4/c13-10-4-2-1-3-9(10)8-5-6-17-11(7-8)15-12(14)16-17/h1-4,8H,5-7H2,(H2,14,16). The van der Waals surface area contributed by atoms with Gasteiger partial charge in [0.15, 0.2) is 0 Å². The zero-order valence-electron chi connectivity index (χ0n) is 9.31. The summed E-state index contributed by atoms with van der Waals surface area (Å²) < 4.78 is 1.89. The van der Waals surface area contributed by atoms with Gasteiger partial charge in [0.05, 0.1) is 0 Å². The molecule has 1 aliphatic rings. The van der Waals surface area contributed by atoms with Crippen molar-refractivity contribution in [2.45, 2.75) is 25.3 Å².